The number of hydrogen-bond acceptors (Lipinski definition) is 3. The first-order valence-corrected chi connectivity index (χ1v) is 5.41. The molecule has 0 aromatic carbocycles. The molecular formula is C10H19ClN2O2. The minimum Gasteiger partial charge on any atom is -0.371 e. The Kier molecular flexibility index (Phi) is 4.83. The second kappa shape index (κ2) is 5.68. The first-order chi connectivity index (χ1) is 6.83. The second-order valence-electron chi connectivity index (χ2n) is 4.02. The molecule has 1 amide bonds. The summed E-state index contributed by atoms with van der Waals surface area (Å²) in [6.07, 6.45) is 1.06. The van der Waals surface area contributed by atoms with E-state index in [0.717, 1.165) is 32.7 Å². The summed E-state index contributed by atoms with van der Waals surface area (Å²) in [6.45, 7) is 5.84. The summed E-state index contributed by atoms with van der Waals surface area (Å²) in [5, 5.41) is 3.35. The maximum absolute atomic E-state index is 11.7. The summed E-state index contributed by atoms with van der Waals surface area (Å²) in [4.78, 5) is 13.7. The number of carbonyl (C=O) groups is 1. The molecule has 2 aliphatic rings. The summed E-state index contributed by atoms with van der Waals surface area (Å²) in [7, 11) is 0. The Morgan fingerprint density at radius 1 is 1.60 bits per heavy atom. The monoisotopic (exact) mass is 234 g/mol. The van der Waals surface area contributed by atoms with Crippen LogP contribution < -0.4 is 5.32 Å². The van der Waals surface area contributed by atoms with Gasteiger partial charge in [0.05, 0.1) is 6.61 Å². The molecule has 0 aromatic rings. The van der Waals surface area contributed by atoms with Gasteiger partial charge in [0.25, 0.3) is 0 Å². The maximum atomic E-state index is 11.7. The number of piperidine rings is 1. The van der Waals surface area contributed by atoms with Crippen LogP contribution in [0.15, 0.2) is 0 Å². The van der Waals surface area contributed by atoms with Gasteiger partial charge in [0.1, 0.15) is 6.61 Å². The molecule has 4 nitrogen and oxygen atoms in total. The van der Waals surface area contributed by atoms with E-state index in [1.807, 2.05) is 11.8 Å². The zero-order chi connectivity index (χ0) is 9.97. The number of amides is 1. The van der Waals surface area contributed by atoms with Gasteiger partial charge in [-0.25, -0.2) is 0 Å². The summed E-state index contributed by atoms with van der Waals surface area (Å²) in [5.41, 5.74) is 0. The lowest BCUT2D eigenvalue weighted by atomic mass is 9.93. The van der Waals surface area contributed by atoms with E-state index in [4.69, 9.17) is 4.74 Å². The third-order valence-corrected chi connectivity index (χ3v) is 3.19. The highest BCUT2D eigenvalue weighted by Crippen LogP contribution is 2.21. The minimum atomic E-state index is 0. The maximum Gasteiger partial charge on any atom is 0.248 e. The molecule has 0 aromatic heterocycles. The van der Waals surface area contributed by atoms with E-state index in [1.54, 1.807) is 0 Å². The van der Waals surface area contributed by atoms with Crippen LogP contribution in [0.3, 0.4) is 0 Å². The summed E-state index contributed by atoms with van der Waals surface area (Å²) < 4.78 is 5.38. The summed E-state index contributed by atoms with van der Waals surface area (Å²) >= 11 is 0. The lowest BCUT2D eigenvalue weighted by molar-refractivity contribution is -0.135. The van der Waals surface area contributed by atoms with E-state index in [0.29, 0.717) is 12.0 Å². The molecule has 5 heteroatoms. The van der Waals surface area contributed by atoms with Gasteiger partial charge in [-0.2, -0.15) is 0 Å². The number of likely N-dealkylation sites (N-methyl/N-ethyl adjacent to an activating group) is 1. The Morgan fingerprint density at radius 3 is 3.13 bits per heavy atom. The van der Waals surface area contributed by atoms with Crippen molar-refractivity contribution in [3.8, 4) is 0 Å². The Hall–Kier alpha value is -0.320. The van der Waals surface area contributed by atoms with Crippen molar-refractivity contribution >= 4 is 18.3 Å². The number of nitrogens with zero attached hydrogens (tertiary/aromatic N) is 1. The van der Waals surface area contributed by atoms with Gasteiger partial charge in [0.15, 0.2) is 0 Å². The van der Waals surface area contributed by atoms with E-state index >= 15 is 0 Å². The molecule has 2 fully saturated rings. The van der Waals surface area contributed by atoms with Gasteiger partial charge in [-0.05, 0) is 19.9 Å². The number of fused-ring (bicyclic) bond motifs is 1. The number of halogens is 1. The van der Waals surface area contributed by atoms with Crippen molar-refractivity contribution in [1.82, 2.24) is 10.2 Å². The van der Waals surface area contributed by atoms with Crippen LogP contribution in [0.5, 0.6) is 0 Å². The molecule has 0 aliphatic carbocycles. The zero-order valence-electron chi connectivity index (χ0n) is 9.07. The molecule has 2 rings (SSSR count). The predicted octanol–water partition coefficient (Wildman–Crippen LogP) is 0.265. The van der Waals surface area contributed by atoms with Crippen LogP contribution in [0.4, 0.5) is 0 Å². The van der Waals surface area contributed by atoms with E-state index in [1.165, 1.54) is 0 Å². The fraction of sp³-hybridized carbons (Fsp3) is 0.900. The van der Waals surface area contributed by atoms with Crippen LogP contribution in [0, 0.1) is 5.92 Å². The van der Waals surface area contributed by atoms with Crippen molar-refractivity contribution in [2.45, 2.75) is 19.4 Å². The Morgan fingerprint density at radius 2 is 2.40 bits per heavy atom. The van der Waals surface area contributed by atoms with E-state index in [-0.39, 0.29) is 24.9 Å². The van der Waals surface area contributed by atoms with Crippen LogP contribution in [0.25, 0.3) is 0 Å². The van der Waals surface area contributed by atoms with Crippen molar-refractivity contribution in [3.63, 3.8) is 0 Å². The first-order valence-electron chi connectivity index (χ1n) is 5.41. The van der Waals surface area contributed by atoms with Gasteiger partial charge in [-0.3, -0.25) is 4.79 Å². The van der Waals surface area contributed by atoms with Crippen LogP contribution in [0.1, 0.15) is 13.3 Å². The number of hydrogen-bond donors (Lipinski definition) is 1. The topological polar surface area (TPSA) is 41.6 Å². The Balaban J connectivity index is 0.00000112. The van der Waals surface area contributed by atoms with Crippen LogP contribution >= 0.6 is 12.4 Å². The van der Waals surface area contributed by atoms with E-state index < -0.39 is 0 Å². The average Bonchev–Trinajstić information content (AvgIpc) is 2.36. The van der Waals surface area contributed by atoms with Crippen molar-refractivity contribution < 1.29 is 9.53 Å². The molecular weight excluding hydrogens is 216 g/mol. The lowest BCUT2D eigenvalue weighted by Crippen LogP contribution is -2.51. The minimum absolute atomic E-state index is 0. The number of rotatable bonds is 1. The highest BCUT2D eigenvalue weighted by atomic mass is 35.5. The van der Waals surface area contributed by atoms with Crippen LogP contribution in [-0.2, 0) is 9.53 Å². The van der Waals surface area contributed by atoms with Gasteiger partial charge in [-0.1, -0.05) is 0 Å². The smallest absolute Gasteiger partial charge is 0.248 e. The molecule has 15 heavy (non-hydrogen) atoms. The molecule has 88 valence electrons. The first kappa shape index (κ1) is 12.7. The van der Waals surface area contributed by atoms with Crippen molar-refractivity contribution in [3.05, 3.63) is 0 Å². The summed E-state index contributed by atoms with van der Waals surface area (Å²) in [5.74, 6) is 0.636. The number of nitrogens with one attached hydrogen (secondary N) is 1. The van der Waals surface area contributed by atoms with Gasteiger partial charge >= 0.3 is 0 Å². The van der Waals surface area contributed by atoms with Crippen molar-refractivity contribution in [2.24, 2.45) is 5.92 Å². The van der Waals surface area contributed by atoms with Gasteiger partial charge in [0, 0.05) is 25.0 Å². The highest BCUT2D eigenvalue weighted by molar-refractivity contribution is 5.85. The van der Waals surface area contributed by atoms with Crippen molar-refractivity contribution in [1.29, 1.82) is 0 Å². The van der Waals surface area contributed by atoms with E-state index in [2.05, 4.69) is 5.32 Å². The molecule has 0 bridgehead atoms. The van der Waals surface area contributed by atoms with Crippen LogP contribution in [-0.4, -0.2) is 49.7 Å². The van der Waals surface area contributed by atoms with E-state index in [9.17, 15) is 4.79 Å². The molecule has 0 radical (unpaired) electrons. The fourth-order valence-corrected chi connectivity index (χ4v) is 2.47. The third kappa shape index (κ3) is 2.62. The third-order valence-electron chi connectivity index (χ3n) is 3.19. The second-order valence-corrected chi connectivity index (χ2v) is 4.02. The van der Waals surface area contributed by atoms with Gasteiger partial charge in [0.2, 0.25) is 5.91 Å². The fourth-order valence-electron chi connectivity index (χ4n) is 2.47. The number of ether oxygens (including phenoxy) is 1. The molecule has 0 spiro atoms. The quantitative estimate of drug-likeness (QED) is 0.708. The molecule has 1 N–H and O–H groups in total. The van der Waals surface area contributed by atoms with Crippen LogP contribution in [0.2, 0.25) is 0 Å². The average molecular weight is 235 g/mol. The highest BCUT2D eigenvalue weighted by Gasteiger charge is 2.34. The Bertz CT molecular complexity index is 225. The predicted molar refractivity (Wildman–Crippen MR) is 60.2 cm³/mol. The standard InChI is InChI=1S/C10H18N2O2.ClH/c1-2-12-9-3-4-11-5-8(9)6-14-7-10(12)13;/h8-9,11H,2-7H2,1H3;1H. The largest absolute Gasteiger partial charge is 0.371 e. The lowest BCUT2D eigenvalue weighted by Gasteiger charge is -2.37. The summed E-state index contributed by atoms with van der Waals surface area (Å²) in [6, 6.07) is 0.399. The number of carbonyl (C=O) groups excluding carboxylic acids is 1. The van der Waals surface area contributed by atoms with Crippen molar-refractivity contribution in [2.75, 3.05) is 32.8 Å². The molecule has 2 atom stereocenters. The molecule has 2 aliphatic heterocycles. The Labute approximate surface area is 96.7 Å². The molecule has 2 heterocycles. The zero-order valence-corrected chi connectivity index (χ0v) is 9.89. The molecule has 2 saturated heterocycles. The van der Waals surface area contributed by atoms with Gasteiger partial charge in [-0.15, -0.1) is 12.4 Å². The molecule has 2 unspecified atom stereocenters. The normalized spacial score (nSPS) is 31.5. The SMILES string of the molecule is CCN1C(=O)COCC2CNCCC21.Cl. The molecule has 0 saturated carbocycles. The van der Waals surface area contributed by atoms with Gasteiger partial charge < -0.3 is 15.0 Å².